The summed E-state index contributed by atoms with van der Waals surface area (Å²) in [5.41, 5.74) is 2.51. The Labute approximate surface area is 81.0 Å². The summed E-state index contributed by atoms with van der Waals surface area (Å²) >= 11 is 0. The quantitative estimate of drug-likeness (QED) is 0.749. The molecule has 0 unspecified atom stereocenters. The third-order valence-corrected chi connectivity index (χ3v) is 2.56. The summed E-state index contributed by atoms with van der Waals surface area (Å²) in [6.07, 6.45) is 4.12. The molecule has 2 heterocycles. The lowest BCUT2D eigenvalue weighted by Crippen LogP contribution is -1.85. The van der Waals surface area contributed by atoms with Gasteiger partial charge in [0.1, 0.15) is 5.82 Å². The van der Waals surface area contributed by atoms with Crippen LogP contribution in [-0.2, 0) is 6.61 Å². The van der Waals surface area contributed by atoms with E-state index < -0.39 is 0 Å². The van der Waals surface area contributed by atoms with Gasteiger partial charge in [0, 0.05) is 12.1 Å². The van der Waals surface area contributed by atoms with Gasteiger partial charge in [0.15, 0.2) is 5.65 Å². The van der Waals surface area contributed by atoms with Crippen molar-refractivity contribution in [3.63, 3.8) is 0 Å². The van der Waals surface area contributed by atoms with Gasteiger partial charge < -0.3 is 10.1 Å². The highest BCUT2D eigenvalue weighted by Crippen LogP contribution is 2.38. The Hall–Kier alpha value is -1.42. The zero-order valence-corrected chi connectivity index (χ0v) is 7.70. The molecule has 1 fully saturated rings. The minimum Gasteiger partial charge on any atom is -0.392 e. The predicted octanol–water partition coefficient (Wildman–Crippen LogP) is 1.33. The van der Waals surface area contributed by atoms with Gasteiger partial charge >= 0.3 is 0 Å². The fourth-order valence-electron chi connectivity index (χ4n) is 1.60. The van der Waals surface area contributed by atoms with E-state index in [2.05, 4.69) is 15.0 Å². The summed E-state index contributed by atoms with van der Waals surface area (Å²) in [5, 5.41) is 8.95. The number of fused-ring (bicyclic) bond motifs is 1. The Balaban J connectivity index is 2.12. The molecule has 0 bridgehead atoms. The number of pyridine rings is 1. The molecule has 2 aromatic heterocycles. The number of aliphatic hydroxyl groups is 1. The Morgan fingerprint density at radius 3 is 3.07 bits per heavy atom. The van der Waals surface area contributed by atoms with E-state index in [4.69, 9.17) is 5.11 Å². The van der Waals surface area contributed by atoms with Crippen LogP contribution in [0.3, 0.4) is 0 Å². The highest BCUT2D eigenvalue weighted by atomic mass is 16.3. The van der Waals surface area contributed by atoms with Crippen LogP contribution in [0.1, 0.15) is 30.1 Å². The molecule has 2 N–H and O–H groups in total. The zero-order chi connectivity index (χ0) is 9.54. The third kappa shape index (κ3) is 1.19. The smallest absolute Gasteiger partial charge is 0.177 e. The van der Waals surface area contributed by atoms with Crippen LogP contribution in [0.5, 0.6) is 0 Å². The number of rotatable bonds is 2. The summed E-state index contributed by atoms with van der Waals surface area (Å²) in [7, 11) is 0. The largest absolute Gasteiger partial charge is 0.392 e. The van der Waals surface area contributed by atoms with Crippen molar-refractivity contribution < 1.29 is 5.11 Å². The van der Waals surface area contributed by atoms with Gasteiger partial charge in [-0.3, -0.25) is 0 Å². The Kier molecular flexibility index (Phi) is 1.58. The summed E-state index contributed by atoms with van der Waals surface area (Å²) in [6.45, 7) is 0.0285. The molecule has 4 nitrogen and oxygen atoms in total. The molecule has 1 saturated carbocycles. The van der Waals surface area contributed by atoms with Gasteiger partial charge in [0.05, 0.1) is 12.1 Å². The van der Waals surface area contributed by atoms with Gasteiger partial charge in [-0.2, -0.15) is 0 Å². The van der Waals surface area contributed by atoms with Crippen molar-refractivity contribution in [3.8, 4) is 0 Å². The third-order valence-electron chi connectivity index (χ3n) is 2.56. The second-order valence-electron chi connectivity index (χ2n) is 3.77. The van der Waals surface area contributed by atoms with Crippen molar-refractivity contribution in [1.82, 2.24) is 15.0 Å². The Bertz CT molecular complexity index is 473. The molecule has 0 saturated heterocycles. The lowest BCUT2D eigenvalue weighted by atomic mass is 10.3. The first-order valence-corrected chi connectivity index (χ1v) is 4.82. The molecule has 0 spiro atoms. The van der Waals surface area contributed by atoms with Crippen molar-refractivity contribution in [2.75, 3.05) is 0 Å². The minimum absolute atomic E-state index is 0.0285. The van der Waals surface area contributed by atoms with Gasteiger partial charge in [-0.15, -0.1) is 0 Å². The summed E-state index contributed by atoms with van der Waals surface area (Å²) < 4.78 is 0. The molecule has 72 valence electrons. The molecule has 4 heteroatoms. The van der Waals surface area contributed by atoms with Crippen LogP contribution in [0.2, 0.25) is 0 Å². The fourth-order valence-corrected chi connectivity index (χ4v) is 1.60. The van der Waals surface area contributed by atoms with Crippen molar-refractivity contribution in [2.24, 2.45) is 0 Å². The second kappa shape index (κ2) is 2.78. The van der Waals surface area contributed by atoms with Crippen LogP contribution in [0.25, 0.3) is 11.2 Å². The van der Waals surface area contributed by atoms with Crippen LogP contribution in [-0.4, -0.2) is 20.1 Å². The van der Waals surface area contributed by atoms with Crippen LogP contribution in [0, 0.1) is 0 Å². The highest BCUT2D eigenvalue weighted by Gasteiger charge is 2.26. The maximum Gasteiger partial charge on any atom is 0.177 e. The van der Waals surface area contributed by atoms with Crippen LogP contribution < -0.4 is 0 Å². The summed E-state index contributed by atoms with van der Waals surface area (Å²) in [5.74, 6) is 1.66. The van der Waals surface area contributed by atoms with Crippen LogP contribution in [0.15, 0.2) is 12.3 Å². The summed E-state index contributed by atoms with van der Waals surface area (Å²) in [6, 6.07) is 1.90. The monoisotopic (exact) mass is 189 g/mol. The molecule has 0 amide bonds. The van der Waals surface area contributed by atoms with E-state index in [-0.39, 0.29) is 6.61 Å². The van der Waals surface area contributed by atoms with E-state index in [0.717, 1.165) is 22.6 Å². The van der Waals surface area contributed by atoms with Gasteiger partial charge in [-0.25, -0.2) is 9.97 Å². The van der Waals surface area contributed by atoms with Crippen molar-refractivity contribution >= 4 is 11.2 Å². The van der Waals surface area contributed by atoms with E-state index in [1.165, 1.54) is 12.8 Å². The molecule has 1 aliphatic rings. The van der Waals surface area contributed by atoms with E-state index >= 15 is 0 Å². The van der Waals surface area contributed by atoms with Crippen molar-refractivity contribution in [1.29, 1.82) is 0 Å². The second-order valence-corrected chi connectivity index (χ2v) is 3.77. The first-order chi connectivity index (χ1) is 6.86. The molecule has 1 aliphatic carbocycles. The lowest BCUT2D eigenvalue weighted by Gasteiger charge is -1.92. The molecule has 2 aromatic rings. The standard InChI is InChI=1S/C10H11N3O/c14-5-6-3-8-10(11-4-6)13-9(12-8)7-1-2-7/h3-4,7,14H,1-2,5H2,(H,11,12,13). The molecule has 0 radical (unpaired) electrons. The zero-order valence-electron chi connectivity index (χ0n) is 7.70. The fraction of sp³-hybridized carbons (Fsp3) is 0.400. The first kappa shape index (κ1) is 7.94. The SMILES string of the molecule is OCc1cnc2nc(C3CC3)[nH]c2c1. The normalized spacial score (nSPS) is 16.4. The average Bonchev–Trinajstić information content (AvgIpc) is 2.97. The van der Waals surface area contributed by atoms with Gasteiger partial charge in [-0.05, 0) is 24.5 Å². The van der Waals surface area contributed by atoms with E-state index in [1.54, 1.807) is 6.20 Å². The maximum absolute atomic E-state index is 8.95. The average molecular weight is 189 g/mol. The first-order valence-electron chi connectivity index (χ1n) is 4.82. The molecule has 0 aromatic carbocycles. The van der Waals surface area contributed by atoms with Crippen LogP contribution in [0.4, 0.5) is 0 Å². The molecule has 3 rings (SSSR count). The highest BCUT2D eigenvalue weighted by molar-refractivity contribution is 5.71. The Morgan fingerprint density at radius 1 is 1.50 bits per heavy atom. The minimum atomic E-state index is 0.0285. The number of aromatic nitrogens is 3. The number of aromatic amines is 1. The van der Waals surface area contributed by atoms with E-state index in [9.17, 15) is 0 Å². The number of nitrogens with one attached hydrogen (secondary N) is 1. The van der Waals surface area contributed by atoms with Crippen molar-refractivity contribution in [3.05, 3.63) is 23.7 Å². The number of aliphatic hydroxyl groups excluding tert-OH is 1. The number of nitrogens with zero attached hydrogens (tertiary/aromatic N) is 2. The predicted molar refractivity (Wildman–Crippen MR) is 51.8 cm³/mol. The molecular formula is C10H11N3O. The molecular weight excluding hydrogens is 178 g/mol. The number of hydrogen-bond donors (Lipinski definition) is 2. The number of hydrogen-bond acceptors (Lipinski definition) is 3. The summed E-state index contributed by atoms with van der Waals surface area (Å²) in [4.78, 5) is 11.8. The van der Waals surface area contributed by atoms with Crippen LogP contribution >= 0.6 is 0 Å². The number of imidazole rings is 1. The van der Waals surface area contributed by atoms with Gasteiger partial charge in [0.25, 0.3) is 0 Å². The van der Waals surface area contributed by atoms with Gasteiger partial charge in [0.2, 0.25) is 0 Å². The topological polar surface area (TPSA) is 61.8 Å². The lowest BCUT2D eigenvalue weighted by molar-refractivity contribution is 0.281. The molecule has 0 aliphatic heterocycles. The number of H-pyrrole nitrogens is 1. The van der Waals surface area contributed by atoms with E-state index in [0.29, 0.717) is 5.92 Å². The maximum atomic E-state index is 8.95. The van der Waals surface area contributed by atoms with Crippen molar-refractivity contribution in [2.45, 2.75) is 25.4 Å². The molecule has 0 atom stereocenters. The molecule has 14 heavy (non-hydrogen) atoms. The van der Waals surface area contributed by atoms with E-state index in [1.807, 2.05) is 6.07 Å². The van der Waals surface area contributed by atoms with Gasteiger partial charge in [-0.1, -0.05) is 0 Å². The Morgan fingerprint density at radius 2 is 2.36 bits per heavy atom.